The van der Waals surface area contributed by atoms with Gasteiger partial charge < -0.3 is 0 Å². The first-order chi connectivity index (χ1) is 4.46. The van der Waals surface area contributed by atoms with Crippen molar-refractivity contribution in [3.05, 3.63) is 0 Å². The van der Waals surface area contributed by atoms with Crippen molar-refractivity contribution in [1.82, 2.24) is 0 Å². The van der Waals surface area contributed by atoms with Crippen LogP contribution in [-0.4, -0.2) is 24.4 Å². The second kappa shape index (κ2) is 3.28. The van der Waals surface area contributed by atoms with Crippen LogP contribution in [0.5, 0.6) is 0 Å². The molecule has 0 aromatic carbocycles. The Morgan fingerprint density at radius 3 is 1.20 bits per heavy atom. The minimum absolute atomic E-state index is 2.70. The van der Waals surface area contributed by atoms with Gasteiger partial charge in [0.15, 0.2) is 0 Å². The molecular weight excluding hydrogens is 156 g/mol. The molecule has 0 fully saturated rings. The van der Waals surface area contributed by atoms with Crippen LogP contribution in [0.3, 0.4) is 0 Å². The van der Waals surface area contributed by atoms with E-state index < -0.39 is 24.4 Å². The average molecular weight is 158 g/mol. The minimum Gasteiger partial charge on any atom is -0.258 e. The van der Waals surface area contributed by atoms with Crippen LogP contribution in [0, 0.1) is 0 Å². The van der Waals surface area contributed by atoms with Crippen LogP contribution in [-0.2, 0) is 9.59 Å². The number of carbonyl (C=O) groups excluding carboxylic acids is 2. The predicted molar refractivity (Wildman–Crippen MR) is 22.0 cm³/mol. The zero-order valence-electron chi connectivity index (χ0n) is 4.48. The third-order valence-corrected chi connectivity index (χ3v) is 0.691. The Bertz CT molecular complexity index is 139. The fraction of sp³-hybridized carbons (Fsp3) is 0.500. The van der Waals surface area contributed by atoms with E-state index in [1.54, 1.807) is 0 Å². The molecule has 6 heteroatoms. The summed E-state index contributed by atoms with van der Waals surface area (Å²) >= 11 is 0. The molecule has 0 rings (SSSR count). The molecule has 0 aliphatic carbocycles. The Labute approximate surface area is 52.8 Å². The normalized spacial score (nSPS) is 16.0. The largest absolute Gasteiger partial charge is 0.339 e. The van der Waals surface area contributed by atoms with Gasteiger partial charge in [0.1, 0.15) is 0 Å². The van der Waals surface area contributed by atoms with Crippen LogP contribution in [0.15, 0.2) is 0 Å². The predicted octanol–water partition coefficient (Wildman–Crippen LogP) is 0.655. The molecule has 0 heterocycles. The molecule has 0 saturated carbocycles. The average Bonchev–Trinajstić information content (AvgIpc) is 1.84. The Morgan fingerprint density at radius 2 is 1.10 bits per heavy atom. The van der Waals surface area contributed by atoms with Gasteiger partial charge in [-0.1, -0.05) is 0 Å². The van der Waals surface area contributed by atoms with E-state index in [9.17, 15) is 27.2 Å². The highest BCUT2D eigenvalue weighted by Crippen LogP contribution is 2.07. The standard InChI is InChI=1S/C4H2F4O2/c5-1(3(7)9)2(6)4(8)10/h1-2H. The summed E-state index contributed by atoms with van der Waals surface area (Å²) in [5.74, 6) is 0. The van der Waals surface area contributed by atoms with Gasteiger partial charge in [-0.2, -0.15) is 8.78 Å². The van der Waals surface area contributed by atoms with E-state index in [0.29, 0.717) is 0 Å². The zero-order valence-corrected chi connectivity index (χ0v) is 4.48. The summed E-state index contributed by atoms with van der Waals surface area (Å²) in [4.78, 5) is 18.6. The van der Waals surface area contributed by atoms with Crippen LogP contribution in [0.25, 0.3) is 0 Å². The van der Waals surface area contributed by atoms with Crippen molar-refractivity contribution in [2.75, 3.05) is 0 Å². The Balaban J connectivity index is 4.07. The first-order valence-electron chi connectivity index (χ1n) is 2.13. The maximum absolute atomic E-state index is 11.6. The molecule has 2 atom stereocenters. The van der Waals surface area contributed by atoms with E-state index in [4.69, 9.17) is 0 Å². The van der Waals surface area contributed by atoms with Gasteiger partial charge in [-0.3, -0.25) is 9.59 Å². The van der Waals surface area contributed by atoms with Crippen LogP contribution in [0.4, 0.5) is 17.6 Å². The number of carbonyl (C=O) groups is 2. The fourth-order valence-corrected chi connectivity index (χ4v) is 0.230. The number of hydrogen-bond acceptors (Lipinski definition) is 2. The molecule has 0 saturated heterocycles. The van der Waals surface area contributed by atoms with Crippen LogP contribution in [0.2, 0.25) is 0 Å². The van der Waals surface area contributed by atoms with Gasteiger partial charge in [-0.25, -0.2) is 8.78 Å². The Kier molecular flexibility index (Phi) is 2.98. The van der Waals surface area contributed by atoms with E-state index >= 15 is 0 Å². The molecule has 0 N–H and O–H groups in total. The van der Waals surface area contributed by atoms with Crippen molar-refractivity contribution in [2.24, 2.45) is 0 Å². The van der Waals surface area contributed by atoms with E-state index in [1.165, 1.54) is 0 Å². The molecule has 0 radical (unpaired) electrons. The third kappa shape index (κ3) is 2.12. The van der Waals surface area contributed by atoms with E-state index in [0.717, 1.165) is 0 Å². The van der Waals surface area contributed by atoms with Gasteiger partial charge in [0.25, 0.3) is 0 Å². The lowest BCUT2D eigenvalue weighted by Gasteiger charge is -2.00. The molecule has 0 amide bonds. The molecule has 0 aromatic rings. The van der Waals surface area contributed by atoms with Crippen molar-refractivity contribution < 1.29 is 27.2 Å². The summed E-state index contributed by atoms with van der Waals surface area (Å²) in [5.41, 5.74) is 0. The monoisotopic (exact) mass is 158 g/mol. The van der Waals surface area contributed by atoms with E-state index in [-0.39, 0.29) is 0 Å². The molecule has 2 unspecified atom stereocenters. The van der Waals surface area contributed by atoms with Crippen LogP contribution >= 0.6 is 0 Å². The third-order valence-electron chi connectivity index (χ3n) is 0.691. The summed E-state index contributed by atoms with van der Waals surface area (Å²) < 4.78 is 45.5. The van der Waals surface area contributed by atoms with Crippen molar-refractivity contribution >= 4 is 12.1 Å². The first-order valence-corrected chi connectivity index (χ1v) is 2.13. The number of halogens is 4. The second-order valence-corrected chi connectivity index (χ2v) is 1.41. The summed E-state index contributed by atoms with van der Waals surface area (Å²) in [7, 11) is 0. The quantitative estimate of drug-likeness (QED) is 0.446. The summed E-state index contributed by atoms with van der Waals surface area (Å²) in [6.07, 6.45) is -6.67. The molecule has 10 heavy (non-hydrogen) atoms. The van der Waals surface area contributed by atoms with Crippen LogP contribution in [0.1, 0.15) is 0 Å². The molecular formula is C4H2F4O2. The van der Waals surface area contributed by atoms with Gasteiger partial charge in [0, 0.05) is 0 Å². The molecule has 0 aliphatic heterocycles. The highest BCUT2D eigenvalue weighted by Gasteiger charge is 2.34. The zero-order chi connectivity index (χ0) is 8.31. The van der Waals surface area contributed by atoms with Crippen molar-refractivity contribution in [3.8, 4) is 0 Å². The van der Waals surface area contributed by atoms with Gasteiger partial charge in [-0.05, 0) is 0 Å². The second-order valence-electron chi connectivity index (χ2n) is 1.41. The fourth-order valence-electron chi connectivity index (χ4n) is 0.230. The Hall–Kier alpha value is -0.940. The lowest BCUT2D eigenvalue weighted by atomic mass is 10.3. The molecule has 0 bridgehead atoms. The lowest BCUT2D eigenvalue weighted by Crippen LogP contribution is -2.29. The van der Waals surface area contributed by atoms with Crippen molar-refractivity contribution in [2.45, 2.75) is 12.3 Å². The smallest absolute Gasteiger partial charge is 0.258 e. The molecule has 58 valence electrons. The summed E-state index contributed by atoms with van der Waals surface area (Å²) in [6.45, 7) is 0. The molecule has 2 nitrogen and oxygen atoms in total. The van der Waals surface area contributed by atoms with Crippen molar-refractivity contribution in [1.29, 1.82) is 0 Å². The van der Waals surface area contributed by atoms with Gasteiger partial charge in [0.05, 0.1) is 0 Å². The number of rotatable bonds is 3. The number of alkyl halides is 2. The molecule has 0 spiro atoms. The van der Waals surface area contributed by atoms with Gasteiger partial charge >= 0.3 is 12.1 Å². The topological polar surface area (TPSA) is 34.1 Å². The highest BCUT2D eigenvalue weighted by atomic mass is 19.2. The Morgan fingerprint density at radius 1 is 0.900 bits per heavy atom. The molecule has 0 aromatic heterocycles. The molecule has 0 aliphatic rings. The van der Waals surface area contributed by atoms with E-state index in [1.807, 2.05) is 0 Å². The minimum atomic E-state index is -3.34. The maximum atomic E-state index is 11.6. The number of hydrogen-bond donors (Lipinski definition) is 0. The highest BCUT2D eigenvalue weighted by molar-refractivity contribution is 5.84. The van der Waals surface area contributed by atoms with E-state index in [2.05, 4.69) is 0 Å². The maximum Gasteiger partial charge on any atom is 0.339 e. The first kappa shape index (κ1) is 9.06. The summed E-state index contributed by atoms with van der Waals surface area (Å²) in [5, 5.41) is 0. The lowest BCUT2D eigenvalue weighted by molar-refractivity contribution is -0.146. The van der Waals surface area contributed by atoms with Crippen LogP contribution < -0.4 is 0 Å². The van der Waals surface area contributed by atoms with Gasteiger partial charge in [-0.15, -0.1) is 0 Å². The SMILES string of the molecule is O=C(F)C(F)C(F)C(=O)F. The van der Waals surface area contributed by atoms with Crippen molar-refractivity contribution in [3.63, 3.8) is 0 Å². The van der Waals surface area contributed by atoms with Gasteiger partial charge in [0.2, 0.25) is 12.3 Å². The summed E-state index contributed by atoms with van der Waals surface area (Å²) in [6, 6.07) is -5.39.